The number of aryl methyl sites for hydroxylation is 1. The van der Waals surface area contributed by atoms with Crippen molar-refractivity contribution in [3.05, 3.63) is 10.6 Å². The molecule has 1 aliphatic carbocycles. The summed E-state index contributed by atoms with van der Waals surface area (Å²) in [6.45, 7) is 5.34. The monoisotopic (exact) mass is 265 g/mol. The summed E-state index contributed by atoms with van der Waals surface area (Å²) in [5.41, 5.74) is 0.757. The summed E-state index contributed by atoms with van der Waals surface area (Å²) in [5, 5.41) is 1.05. The van der Waals surface area contributed by atoms with Gasteiger partial charge in [0.25, 0.3) is 0 Å². The molecule has 0 amide bonds. The zero-order chi connectivity index (χ0) is 12.7. The van der Waals surface area contributed by atoms with Crippen molar-refractivity contribution in [2.45, 2.75) is 32.2 Å². The highest BCUT2D eigenvalue weighted by Gasteiger charge is 2.27. The Balaban J connectivity index is 1.83. The molecular weight excluding hydrogens is 246 g/mol. The Morgan fingerprint density at radius 3 is 2.89 bits per heavy atom. The fourth-order valence-electron chi connectivity index (χ4n) is 2.61. The summed E-state index contributed by atoms with van der Waals surface area (Å²) >= 11 is 1.72. The molecule has 0 aromatic carbocycles. The van der Waals surface area contributed by atoms with Crippen molar-refractivity contribution in [3.63, 3.8) is 0 Å². The van der Waals surface area contributed by atoms with E-state index in [1.54, 1.807) is 11.3 Å². The van der Waals surface area contributed by atoms with Gasteiger partial charge in [-0.3, -0.25) is 4.79 Å². The largest absolute Gasteiger partial charge is 0.345 e. The van der Waals surface area contributed by atoms with E-state index in [0.717, 1.165) is 43.3 Å². The number of fused-ring (bicyclic) bond motifs is 1. The van der Waals surface area contributed by atoms with E-state index in [1.807, 2.05) is 0 Å². The molecule has 1 aliphatic heterocycles. The first kappa shape index (κ1) is 12.1. The predicted octanol–water partition coefficient (Wildman–Crippen LogP) is 1.80. The SMILES string of the molecule is CC1CN(c2nc3c(s2)CCCC3=O)CCN1C. The number of nitrogens with zero attached hydrogens (tertiary/aromatic N) is 3. The van der Waals surface area contributed by atoms with Crippen molar-refractivity contribution in [1.82, 2.24) is 9.88 Å². The smallest absolute Gasteiger partial charge is 0.186 e. The van der Waals surface area contributed by atoms with E-state index in [1.165, 1.54) is 4.88 Å². The Hall–Kier alpha value is -0.940. The van der Waals surface area contributed by atoms with Gasteiger partial charge in [0.05, 0.1) is 0 Å². The van der Waals surface area contributed by atoms with Gasteiger partial charge in [-0.25, -0.2) is 4.98 Å². The predicted molar refractivity (Wildman–Crippen MR) is 73.7 cm³/mol. The summed E-state index contributed by atoms with van der Waals surface area (Å²) in [6, 6.07) is 0.551. The molecule has 1 aromatic heterocycles. The maximum absolute atomic E-state index is 11.8. The lowest BCUT2D eigenvalue weighted by Gasteiger charge is -2.37. The van der Waals surface area contributed by atoms with Gasteiger partial charge in [0, 0.05) is 37.0 Å². The van der Waals surface area contributed by atoms with Crippen LogP contribution in [-0.2, 0) is 6.42 Å². The van der Waals surface area contributed by atoms with Crippen LogP contribution in [0.15, 0.2) is 0 Å². The number of anilines is 1. The molecule has 0 spiro atoms. The topological polar surface area (TPSA) is 36.4 Å². The molecule has 1 fully saturated rings. The van der Waals surface area contributed by atoms with Crippen molar-refractivity contribution in [1.29, 1.82) is 0 Å². The van der Waals surface area contributed by atoms with Crippen LogP contribution in [0.3, 0.4) is 0 Å². The highest BCUT2D eigenvalue weighted by atomic mass is 32.1. The molecule has 1 saturated heterocycles. The Bertz CT molecular complexity index is 471. The van der Waals surface area contributed by atoms with Gasteiger partial charge < -0.3 is 9.80 Å². The van der Waals surface area contributed by atoms with Crippen LogP contribution in [0.2, 0.25) is 0 Å². The van der Waals surface area contributed by atoms with E-state index in [4.69, 9.17) is 0 Å². The first-order valence-corrected chi connectivity index (χ1v) is 7.45. The van der Waals surface area contributed by atoms with Crippen LogP contribution in [0.25, 0.3) is 0 Å². The van der Waals surface area contributed by atoms with Crippen LogP contribution in [0, 0.1) is 0 Å². The minimum atomic E-state index is 0.237. The van der Waals surface area contributed by atoms with E-state index in [2.05, 4.69) is 28.8 Å². The second-order valence-electron chi connectivity index (χ2n) is 5.32. The lowest BCUT2D eigenvalue weighted by Crippen LogP contribution is -2.50. The Morgan fingerprint density at radius 1 is 1.33 bits per heavy atom. The number of hydrogen-bond acceptors (Lipinski definition) is 5. The number of aromatic nitrogens is 1. The number of likely N-dealkylation sites (N-methyl/N-ethyl adjacent to an activating group) is 1. The molecule has 1 atom stereocenters. The van der Waals surface area contributed by atoms with Gasteiger partial charge in [0.1, 0.15) is 5.69 Å². The van der Waals surface area contributed by atoms with Crippen LogP contribution in [0.5, 0.6) is 0 Å². The summed E-state index contributed by atoms with van der Waals surface area (Å²) in [4.78, 5) is 22.3. The molecule has 5 heteroatoms. The van der Waals surface area contributed by atoms with Gasteiger partial charge >= 0.3 is 0 Å². The number of ketones is 1. The average molecular weight is 265 g/mol. The molecule has 98 valence electrons. The highest BCUT2D eigenvalue weighted by Crippen LogP contribution is 2.32. The standard InChI is InChI=1S/C13H19N3OS/c1-9-8-16(7-6-15(9)2)13-14-12-10(17)4-3-5-11(12)18-13/h9H,3-8H2,1-2H3. The summed E-state index contributed by atoms with van der Waals surface area (Å²) in [7, 11) is 2.17. The first-order valence-electron chi connectivity index (χ1n) is 6.63. The van der Waals surface area contributed by atoms with Gasteiger partial charge in [0.2, 0.25) is 0 Å². The van der Waals surface area contributed by atoms with Crippen LogP contribution in [0.4, 0.5) is 5.13 Å². The van der Waals surface area contributed by atoms with Crippen LogP contribution >= 0.6 is 11.3 Å². The van der Waals surface area contributed by atoms with Crippen LogP contribution in [0.1, 0.15) is 35.1 Å². The Morgan fingerprint density at radius 2 is 2.17 bits per heavy atom. The molecule has 1 unspecified atom stereocenters. The number of piperazine rings is 1. The van der Waals surface area contributed by atoms with Crippen LogP contribution < -0.4 is 4.90 Å². The zero-order valence-electron chi connectivity index (χ0n) is 11.0. The molecule has 4 nitrogen and oxygen atoms in total. The average Bonchev–Trinajstić information content (AvgIpc) is 2.78. The number of rotatable bonds is 1. The Labute approximate surface area is 112 Å². The van der Waals surface area contributed by atoms with Gasteiger partial charge in [-0.2, -0.15) is 0 Å². The lowest BCUT2D eigenvalue weighted by molar-refractivity contribution is 0.0968. The number of carbonyl (C=O) groups is 1. The van der Waals surface area contributed by atoms with Crippen LogP contribution in [-0.4, -0.2) is 48.4 Å². The second-order valence-corrected chi connectivity index (χ2v) is 6.38. The van der Waals surface area contributed by atoms with E-state index in [9.17, 15) is 4.79 Å². The van der Waals surface area contributed by atoms with Crippen molar-refractivity contribution in [2.24, 2.45) is 0 Å². The normalized spacial score (nSPS) is 25.3. The molecule has 0 radical (unpaired) electrons. The third kappa shape index (κ3) is 2.06. The molecule has 0 saturated carbocycles. The molecule has 3 rings (SSSR count). The van der Waals surface area contributed by atoms with Crippen molar-refractivity contribution in [3.8, 4) is 0 Å². The molecule has 0 N–H and O–H groups in total. The maximum atomic E-state index is 11.8. The number of carbonyl (C=O) groups excluding carboxylic acids is 1. The highest BCUT2D eigenvalue weighted by molar-refractivity contribution is 7.16. The van der Waals surface area contributed by atoms with E-state index < -0.39 is 0 Å². The lowest BCUT2D eigenvalue weighted by atomic mass is 10.0. The summed E-state index contributed by atoms with van der Waals surface area (Å²) < 4.78 is 0. The molecular formula is C13H19N3OS. The number of Topliss-reactive ketones (excluding diaryl/α,β-unsaturated/α-hetero) is 1. The molecule has 2 aliphatic rings. The fraction of sp³-hybridized carbons (Fsp3) is 0.692. The third-order valence-electron chi connectivity index (χ3n) is 3.99. The zero-order valence-corrected chi connectivity index (χ0v) is 11.8. The van der Waals surface area contributed by atoms with Gasteiger partial charge in [-0.15, -0.1) is 11.3 Å². The minimum absolute atomic E-state index is 0.237. The molecule has 18 heavy (non-hydrogen) atoms. The molecule has 2 heterocycles. The van der Waals surface area contributed by atoms with E-state index >= 15 is 0 Å². The van der Waals surface area contributed by atoms with Crippen molar-refractivity contribution < 1.29 is 4.79 Å². The van der Waals surface area contributed by atoms with E-state index in [0.29, 0.717) is 12.5 Å². The number of thiazole rings is 1. The second kappa shape index (κ2) is 4.63. The Kier molecular flexibility index (Phi) is 3.11. The van der Waals surface area contributed by atoms with Crippen molar-refractivity contribution in [2.75, 3.05) is 31.6 Å². The molecule has 1 aromatic rings. The number of hydrogen-bond donors (Lipinski definition) is 0. The minimum Gasteiger partial charge on any atom is -0.345 e. The maximum Gasteiger partial charge on any atom is 0.186 e. The van der Waals surface area contributed by atoms with E-state index in [-0.39, 0.29) is 5.78 Å². The fourth-order valence-corrected chi connectivity index (χ4v) is 3.77. The van der Waals surface area contributed by atoms with Gasteiger partial charge in [-0.1, -0.05) is 0 Å². The summed E-state index contributed by atoms with van der Waals surface area (Å²) in [5.74, 6) is 0.237. The first-order chi connectivity index (χ1) is 8.65. The van der Waals surface area contributed by atoms with Crippen molar-refractivity contribution >= 4 is 22.3 Å². The quantitative estimate of drug-likeness (QED) is 0.776. The summed E-state index contributed by atoms with van der Waals surface area (Å²) in [6.07, 6.45) is 2.70. The van der Waals surface area contributed by atoms with Gasteiger partial charge in [0.15, 0.2) is 10.9 Å². The molecule has 0 bridgehead atoms. The third-order valence-corrected chi connectivity index (χ3v) is 5.16. The van der Waals surface area contributed by atoms with Gasteiger partial charge in [-0.05, 0) is 26.8 Å².